The second kappa shape index (κ2) is 10.5. The molecule has 0 aromatic heterocycles. The predicted octanol–water partition coefficient (Wildman–Crippen LogP) is 3.72. The quantitative estimate of drug-likeness (QED) is 0.465. The highest BCUT2D eigenvalue weighted by molar-refractivity contribution is 6.98. The lowest BCUT2D eigenvalue weighted by molar-refractivity contribution is 0.579. The highest BCUT2D eigenvalue weighted by Gasteiger charge is 2.43. The normalized spacial score (nSPS) is 14.9. The van der Waals surface area contributed by atoms with Crippen LogP contribution in [0.2, 0.25) is 36.3 Å². The van der Waals surface area contributed by atoms with Gasteiger partial charge in [0.25, 0.3) is 0 Å². The minimum Gasteiger partial charge on any atom is -0.457 e. The van der Waals surface area contributed by atoms with Crippen molar-refractivity contribution in [1.82, 2.24) is 0 Å². The smallest absolute Gasteiger partial charge is 0.211 e. The summed E-state index contributed by atoms with van der Waals surface area (Å²) in [6, 6.07) is 12.3. The predicted molar refractivity (Wildman–Crippen MR) is 132 cm³/mol. The van der Waals surface area contributed by atoms with Gasteiger partial charge >= 0.3 is 0 Å². The summed E-state index contributed by atoms with van der Waals surface area (Å²) in [5, 5.41) is 3.23. The molecule has 0 heterocycles. The zero-order chi connectivity index (χ0) is 19.9. The molecule has 0 fully saturated rings. The van der Waals surface area contributed by atoms with E-state index in [0.29, 0.717) is 0 Å². The van der Waals surface area contributed by atoms with E-state index >= 15 is 0 Å². The molecule has 0 bridgehead atoms. The molecule has 27 heavy (non-hydrogen) atoms. The topological polar surface area (TPSA) is 18.5 Å². The molecule has 1 aromatic rings. The molecule has 6 heteroatoms. The van der Waals surface area contributed by atoms with Crippen molar-refractivity contribution in [1.29, 1.82) is 0 Å². The molecule has 2 nitrogen and oxygen atoms in total. The van der Waals surface area contributed by atoms with Crippen molar-refractivity contribution in [2.45, 2.75) is 84.2 Å². The molecule has 152 valence electrons. The van der Waals surface area contributed by atoms with Gasteiger partial charge in [0, 0.05) is 0 Å². The molecular formula is C21H40O2Si4. The number of benzene rings is 1. The molecule has 0 radical (unpaired) electrons. The lowest BCUT2D eigenvalue weighted by atomic mass is 10.1. The molecule has 1 aliphatic rings. The van der Waals surface area contributed by atoms with E-state index in [0.717, 1.165) is 6.42 Å². The number of hydrogen-bond acceptors (Lipinski definition) is 2. The van der Waals surface area contributed by atoms with Crippen molar-refractivity contribution in [3.63, 3.8) is 0 Å². The van der Waals surface area contributed by atoms with Crippen molar-refractivity contribution < 1.29 is 8.23 Å². The lowest BCUT2D eigenvalue weighted by Crippen LogP contribution is -2.65. The molecule has 1 aromatic carbocycles. The van der Waals surface area contributed by atoms with E-state index in [1.54, 1.807) is 10.4 Å². The lowest BCUT2D eigenvalue weighted by Gasteiger charge is -2.39. The maximum absolute atomic E-state index is 6.89. The van der Waals surface area contributed by atoms with Crippen molar-refractivity contribution in [2.75, 3.05) is 0 Å². The first-order valence-corrected chi connectivity index (χ1v) is 19.0. The van der Waals surface area contributed by atoms with Gasteiger partial charge in [0.1, 0.15) is 19.5 Å². The van der Waals surface area contributed by atoms with Crippen molar-refractivity contribution in [2.24, 2.45) is 0 Å². The average Bonchev–Trinajstić information content (AvgIpc) is 3.18. The minimum atomic E-state index is -1.91. The number of allylic oxidation sites excluding steroid dienone is 1. The summed E-state index contributed by atoms with van der Waals surface area (Å²) in [5.41, 5.74) is 2.95. The molecular weight excluding hydrogens is 397 g/mol. The van der Waals surface area contributed by atoms with Crippen molar-refractivity contribution in [3.05, 3.63) is 29.3 Å². The third-order valence-electron chi connectivity index (χ3n) is 6.35. The number of hydrogen-bond donors (Lipinski definition) is 0. The Labute approximate surface area is 174 Å². The van der Waals surface area contributed by atoms with Gasteiger partial charge in [-0.3, -0.25) is 0 Å². The Bertz CT molecular complexity index is 637. The van der Waals surface area contributed by atoms with Gasteiger partial charge in [-0.05, 0) is 64.2 Å². The minimum absolute atomic E-state index is 0.420. The van der Waals surface area contributed by atoms with E-state index in [2.05, 4.69) is 65.8 Å². The fraction of sp³-hybridized carbons (Fsp3) is 0.619. The monoisotopic (exact) mass is 436 g/mol. The molecule has 0 atom stereocenters. The van der Waals surface area contributed by atoms with Gasteiger partial charge in [-0.1, -0.05) is 65.8 Å². The van der Waals surface area contributed by atoms with E-state index in [1.807, 2.05) is 0 Å². The van der Waals surface area contributed by atoms with E-state index in [1.165, 1.54) is 47.4 Å². The van der Waals surface area contributed by atoms with Crippen LogP contribution in [0.25, 0.3) is 6.08 Å². The number of fused-ring (bicyclic) bond motifs is 1. The third-order valence-corrected chi connectivity index (χ3v) is 20.8. The molecule has 2 rings (SSSR count). The van der Waals surface area contributed by atoms with Crippen molar-refractivity contribution >= 4 is 52.6 Å². The van der Waals surface area contributed by atoms with Gasteiger partial charge in [0.05, 0.1) is 0 Å². The Morgan fingerprint density at radius 2 is 1.26 bits per heavy atom. The molecule has 0 aliphatic heterocycles. The van der Waals surface area contributed by atoms with Crippen LogP contribution < -0.4 is 10.4 Å². The largest absolute Gasteiger partial charge is 0.457 e. The van der Waals surface area contributed by atoms with Gasteiger partial charge in [-0.2, -0.15) is 0 Å². The second-order valence-corrected chi connectivity index (χ2v) is 20.8. The average molecular weight is 437 g/mol. The summed E-state index contributed by atoms with van der Waals surface area (Å²) in [5.74, 6) is 0. The Hall–Kier alpha value is -0.252. The molecule has 0 N–H and O–H groups in total. The second-order valence-electron chi connectivity index (χ2n) is 7.80. The van der Waals surface area contributed by atoms with Crippen LogP contribution in [0.4, 0.5) is 0 Å². The standard InChI is InChI=1S/C21H40O2Si4/c1-7-24-22-26(9-3,10-4)20-16-18-14-13-15-19(18)17-21(20)27(11-5,12-6)23-25-8-2/h13-14,16-17H,7-12,15,24-25H2,1-6H3. The fourth-order valence-corrected chi connectivity index (χ4v) is 19.6. The van der Waals surface area contributed by atoms with Crippen LogP contribution in [-0.2, 0) is 14.7 Å². The summed E-state index contributed by atoms with van der Waals surface area (Å²) >= 11 is 0. The highest BCUT2D eigenvalue weighted by Crippen LogP contribution is 2.26. The van der Waals surface area contributed by atoms with Crippen LogP contribution >= 0.6 is 0 Å². The van der Waals surface area contributed by atoms with E-state index in [4.69, 9.17) is 8.23 Å². The molecule has 0 unspecified atom stereocenters. The van der Waals surface area contributed by atoms with Crippen LogP contribution in [0.15, 0.2) is 18.2 Å². The first-order valence-electron chi connectivity index (χ1n) is 11.2. The van der Waals surface area contributed by atoms with Gasteiger partial charge in [0.15, 0.2) is 0 Å². The van der Waals surface area contributed by atoms with Gasteiger partial charge < -0.3 is 8.23 Å². The van der Waals surface area contributed by atoms with E-state index in [-0.39, 0.29) is 0 Å². The van der Waals surface area contributed by atoms with E-state index < -0.39 is 36.2 Å². The van der Waals surface area contributed by atoms with Gasteiger partial charge in [0.2, 0.25) is 16.6 Å². The van der Waals surface area contributed by atoms with Crippen LogP contribution in [0.3, 0.4) is 0 Å². The van der Waals surface area contributed by atoms with Gasteiger partial charge in [-0.15, -0.1) is 0 Å². The molecule has 0 amide bonds. The molecule has 0 saturated heterocycles. The van der Waals surface area contributed by atoms with Crippen molar-refractivity contribution in [3.8, 4) is 0 Å². The summed E-state index contributed by atoms with van der Waals surface area (Å²) in [6.45, 7) is 14.1. The van der Waals surface area contributed by atoms with Gasteiger partial charge in [-0.25, -0.2) is 0 Å². The Kier molecular flexibility index (Phi) is 8.96. The zero-order valence-corrected chi connectivity index (χ0v) is 23.3. The summed E-state index contributed by atoms with van der Waals surface area (Å²) in [6.07, 6.45) is 5.74. The maximum Gasteiger partial charge on any atom is 0.211 e. The third kappa shape index (κ3) is 4.67. The fourth-order valence-electron chi connectivity index (χ4n) is 4.48. The SMILES string of the molecule is CC[SiH2]O[Si](CC)(CC)c1cc2c(cc1[Si](CC)(CC)O[SiH2]CC)CC=C2. The summed E-state index contributed by atoms with van der Waals surface area (Å²) in [7, 11) is -4.66. The van der Waals surface area contributed by atoms with Crippen LogP contribution in [0.1, 0.15) is 52.7 Å². The first kappa shape index (κ1) is 23.0. The highest BCUT2D eigenvalue weighted by atomic mass is 28.4. The molecule has 1 aliphatic carbocycles. The molecule has 0 saturated carbocycles. The first-order chi connectivity index (χ1) is 13.1. The zero-order valence-electron chi connectivity index (χ0n) is 18.5. The number of rotatable bonds is 12. The molecule has 0 spiro atoms. The van der Waals surface area contributed by atoms with Crippen LogP contribution in [0, 0.1) is 0 Å². The Morgan fingerprint density at radius 1 is 0.778 bits per heavy atom. The van der Waals surface area contributed by atoms with E-state index in [9.17, 15) is 0 Å². The Balaban J connectivity index is 2.69. The summed E-state index contributed by atoms with van der Waals surface area (Å²) < 4.78 is 13.8. The summed E-state index contributed by atoms with van der Waals surface area (Å²) in [4.78, 5) is 0. The Morgan fingerprint density at radius 3 is 1.70 bits per heavy atom. The van der Waals surface area contributed by atoms with Crippen LogP contribution in [-0.4, -0.2) is 36.2 Å². The maximum atomic E-state index is 6.89. The van der Waals surface area contributed by atoms with Crippen LogP contribution in [0.5, 0.6) is 0 Å².